The summed E-state index contributed by atoms with van der Waals surface area (Å²) in [6, 6.07) is 19.7. The summed E-state index contributed by atoms with van der Waals surface area (Å²) in [6.07, 6.45) is 3.49. The van der Waals surface area contributed by atoms with Crippen molar-refractivity contribution in [1.82, 2.24) is 15.0 Å². The van der Waals surface area contributed by atoms with E-state index in [1.165, 1.54) is 0 Å². The predicted molar refractivity (Wildman–Crippen MR) is 100 cm³/mol. The van der Waals surface area contributed by atoms with Gasteiger partial charge in [0, 0.05) is 35.6 Å². The number of anilines is 2. The fraction of sp³-hybridized carbons (Fsp3) is 0.0500. The number of hydrogen-bond acceptors (Lipinski definition) is 5. The van der Waals surface area contributed by atoms with Crippen molar-refractivity contribution >= 4 is 22.4 Å². The molecule has 2 aromatic carbocycles. The van der Waals surface area contributed by atoms with Gasteiger partial charge < -0.3 is 11.1 Å². The number of pyridine rings is 1. The van der Waals surface area contributed by atoms with Crippen LogP contribution in [0, 0.1) is 0 Å². The van der Waals surface area contributed by atoms with Crippen LogP contribution < -0.4 is 11.1 Å². The summed E-state index contributed by atoms with van der Waals surface area (Å²) < 4.78 is 0. The number of nitrogens with zero attached hydrogens (tertiary/aromatic N) is 3. The highest BCUT2D eigenvalue weighted by Gasteiger charge is 2.12. The first-order valence-corrected chi connectivity index (χ1v) is 8.07. The number of rotatable bonds is 4. The number of aromatic nitrogens is 3. The molecule has 0 saturated carbocycles. The lowest BCUT2D eigenvalue weighted by Crippen LogP contribution is -2.03. The van der Waals surface area contributed by atoms with Gasteiger partial charge in [0.05, 0.1) is 5.52 Å². The van der Waals surface area contributed by atoms with E-state index in [4.69, 9.17) is 15.7 Å². The topological polar surface area (TPSA) is 76.7 Å². The van der Waals surface area contributed by atoms with E-state index >= 15 is 0 Å². The maximum atomic E-state index is 5.88. The van der Waals surface area contributed by atoms with E-state index in [-0.39, 0.29) is 0 Å². The van der Waals surface area contributed by atoms with E-state index in [2.05, 4.69) is 10.3 Å². The average Bonchev–Trinajstić information content (AvgIpc) is 2.68. The van der Waals surface area contributed by atoms with E-state index in [1.807, 2.05) is 60.7 Å². The van der Waals surface area contributed by atoms with Crippen LogP contribution in [0.3, 0.4) is 0 Å². The Balaban J connectivity index is 1.89. The normalized spacial score (nSPS) is 10.8. The molecule has 5 nitrogen and oxygen atoms in total. The third kappa shape index (κ3) is 3.05. The molecule has 0 bridgehead atoms. The minimum atomic E-state index is 0.444. The second-order valence-corrected chi connectivity index (χ2v) is 5.64. The Kier molecular flexibility index (Phi) is 4.06. The van der Waals surface area contributed by atoms with Gasteiger partial charge in [-0.25, -0.2) is 9.97 Å². The lowest BCUT2D eigenvalue weighted by Gasteiger charge is -2.12. The fourth-order valence-electron chi connectivity index (χ4n) is 2.78. The van der Waals surface area contributed by atoms with Gasteiger partial charge in [0.15, 0.2) is 5.82 Å². The molecule has 5 heteroatoms. The van der Waals surface area contributed by atoms with Crippen molar-refractivity contribution in [3.63, 3.8) is 0 Å². The van der Waals surface area contributed by atoms with Crippen molar-refractivity contribution < 1.29 is 0 Å². The van der Waals surface area contributed by atoms with Crippen LogP contribution in [0.2, 0.25) is 0 Å². The molecule has 4 aromatic rings. The summed E-state index contributed by atoms with van der Waals surface area (Å²) >= 11 is 0. The first-order valence-electron chi connectivity index (χ1n) is 8.07. The number of fused-ring (bicyclic) bond motifs is 1. The van der Waals surface area contributed by atoms with Crippen LogP contribution in [0.4, 0.5) is 11.5 Å². The van der Waals surface area contributed by atoms with Crippen LogP contribution in [0.25, 0.3) is 22.3 Å². The lowest BCUT2D eigenvalue weighted by molar-refractivity contribution is 1.06. The second kappa shape index (κ2) is 6.67. The number of para-hydroxylation sites is 1. The molecule has 0 aliphatic rings. The predicted octanol–water partition coefficient (Wildman–Crippen LogP) is 3.89. The molecule has 25 heavy (non-hydrogen) atoms. The van der Waals surface area contributed by atoms with E-state index in [1.54, 1.807) is 12.4 Å². The Labute approximate surface area is 145 Å². The number of nitrogens with one attached hydrogen (secondary N) is 1. The minimum Gasteiger partial charge on any atom is -0.340 e. The van der Waals surface area contributed by atoms with Gasteiger partial charge in [-0.15, -0.1) is 0 Å². The van der Waals surface area contributed by atoms with E-state index in [9.17, 15) is 0 Å². The van der Waals surface area contributed by atoms with Gasteiger partial charge in [-0.3, -0.25) is 4.98 Å². The summed E-state index contributed by atoms with van der Waals surface area (Å²) in [5, 5.41) is 4.34. The highest BCUT2D eigenvalue weighted by molar-refractivity contribution is 5.92. The van der Waals surface area contributed by atoms with Gasteiger partial charge in [0.1, 0.15) is 5.82 Å². The zero-order valence-electron chi connectivity index (χ0n) is 13.6. The zero-order chi connectivity index (χ0) is 17.1. The van der Waals surface area contributed by atoms with Crippen molar-refractivity contribution in [1.29, 1.82) is 0 Å². The molecular weight excluding hydrogens is 310 g/mol. The first kappa shape index (κ1) is 15.2. The Morgan fingerprint density at radius 2 is 1.60 bits per heavy atom. The maximum absolute atomic E-state index is 5.88. The zero-order valence-corrected chi connectivity index (χ0v) is 13.6. The van der Waals surface area contributed by atoms with Crippen LogP contribution in [0.1, 0.15) is 5.56 Å². The molecule has 2 aromatic heterocycles. The average molecular weight is 327 g/mol. The highest BCUT2D eigenvalue weighted by Crippen LogP contribution is 2.28. The van der Waals surface area contributed by atoms with Crippen LogP contribution >= 0.6 is 0 Å². The molecule has 0 spiro atoms. The molecule has 2 heterocycles. The van der Waals surface area contributed by atoms with Gasteiger partial charge in [-0.2, -0.15) is 0 Å². The van der Waals surface area contributed by atoms with Crippen molar-refractivity contribution in [2.45, 2.75) is 6.54 Å². The fourth-order valence-corrected chi connectivity index (χ4v) is 2.78. The van der Waals surface area contributed by atoms with E-state index < -0.39 is 0 Å². The van der Waals surface area contributed by atoms with Crippen LogP contribution in [-0.2, 0) is 6.54 Å². The van der Waals surface area contributed by atoms with Gasteiger partial charge >= 0.3 is 0 Å². The highest BCUT2D eigenvalue weighted by atomic mass is 15.0. The molecule has 3 N–H and O–H groups in total. The Morgan fingerprint density at radius 3 is 2.44 bits per heavy atom. The standard InChI is InChI=1S/C20H17N5/c21-13-14-5-1-2-6-16(14)19-24-18-8-4-3-7-17(18)20(25-19)23-15-9-11-22-12-10-15/h1-12H,13,21H2,(H,22,23,24,25). The van der Waals surface area contributed by atoms with Crippen LogP contribution in [0.5, 0.6) is 0 Å². The third-order valence-electron chi connectivity index (χ3n) is 4.02. The first-order chi connectivity index (χ1) is 12.3. The largest absolute Gasteiger partial charge is 0.340 e. The molecule has 0 aliphatic carbocycles. The number of hydrogen-bond donors (Lipinski definition) is 2. The van der Waals surface area contributed by atoms with Gasteiger partial charge in [0.25, 0.3) is 0 Å². The summed E-state index contributed by atoms with van der Waals surface area (Å²) in [5.74, 6) is 1.43. The Morgan fingerprint density at radius 1 is 0.840 bits per heavy atom. The van der Waals surface area contributed by atoms with Crippen molar-refractivity contribution in [2.75, 3.05) is 5.32 Å². The molecule has 0 amide bonds. The summed E-state index contributed by atoms with van der Waals surface area (Å²) in [6.45, 7) is 0.444. The summed E-state index contributed by atoms with van der Waals surface area (Å²) in [7, 11) is 0. The lowest BCUT2D eigenvalue weighted by atomic mass is 10.1. The van der Waals surface area contributed by atoms with Gasteiger partial charge in [-0.05, 0) is 29.8 Å². The minimum absolute atomic E-state index is 0.444. The second-order valence-electron chi connectivity index (χ2n) is 5.64. The monoisotopic (exact) mass is 327 g/mol. The van der Waals surface area contributed by atoms with Crippen LogP contribution in [0.15, 0.2) is 73.1 Å². The molecule has 0 aliphatic heterocycles. The third-order valence-corrected chi connectivity index (χ3v) is 4.02. The smallest absolute Gasteiger partial charge is 0.162 e. The molecular formula is C20H17N5. The Bertz CT molecular complexity index is 1010. The molecule has 4 rings (SSSR count). The number of benzene rings is 2. The maximum Gasteiger partial charge on any atom is 0.162 e. The summed E-state index contributed by atoms with van der Waals surface area (Å²) in [4.78, 5) is 13.6. The quantitative estimate of drug-likeness (QED) is 0.594. The van der Waals surface area contributed by atoms with Crippen molar-refractivity contribution in [3.8, 4) is 11.4 Å². The van der Waals surface area contributed by atoms with Gasteiger partial charge in [0.2, 0.25) is 0 Å². The molecule has 0 radical (unpaired) electrons. The van der Waals surface area contributed by atoms with E-state index in [0.717, 1.165) is 33.5 Å². The van der Waals surface area contributed by atoms with E-state index in [0.29, 0.717) is 12.4 Å². The van der Waals surface area contributed by atoms with Crippen molar-refractivity contribution in [3.05, 3.63) is 78.6 Å². The summed E-state index contributed by atoms with van der Waals surface area (Å²) in [5.41, 5.74) is 9.67. The van der Waals surface area contributed by atoms with Gasteiger partial charge in [-0.1, -0.05) is 36.4 Å². The Hall–Kier alpha value is -3.31. The molecule has 0 fully saturated rings. The number of nitrogens with two attached hydrogens (primary N) is 1. The SMILES string of the molecule is NCc1ccccc1-c1nc(Nc2ccncc2)c2ccccc2n1. The molecule has 122 valence electrons. The molecule has 0 saturated heterocycles. The molecule has 0 unspecified atom stereocenters. The van der Waals surface area contributed by atoms with Crippen molar-refractivity contribution in [2.24, 2.45) is 5.73 Å². The van der Waals surface area contributed by atoms with Crippen LogP contribution in [-0.4, -0.2) is 15.0 Å². The molecule has 0 atom stereocenters.